The van der Waals surface area contributed by atoms with E-state index in [1.165, 1.54) is 0 Å². The standard InChI is InChI=1S/C12H13Br2IO2/c1-3-4-17-11-7-9(15)8(6-12(13)14)5-10(11)16-2/h5-7H,3-4H2,1-2H3. The first-order valence-electron chi connectivity index (χ1n) is 5.11. The van der Waals surface area contributed by atoms with Crippen LogP contribution in [0.5, 0.6) is 11.5 Å². The molecule has 0 saturated heterocycles. The zero-order chi connectivity index (χ0) is 12.8. The van der Waals surface area contributed by atoms with Gasteiger partial charge in [0.15, 0.2) is 11.5 Å². The minimum absolute atomic E-state index is 0.698. The summed E-state index contributed by atoms with van der Waals surface area (Å²) in [5.74, 6) is 1.55. The Bertz CT molecular complexity index is 415. The van der Waals surface area contributed by atoms with Gasteiger partial charge in [-0.1, -0.05) is 6.92 Å². The maximum atomic E-state index is 5.64. The van der Waals surface area contributed by atoms with Gasteiger partial charge in [-0.2, -0.15) is 0 Å². The summed E-state index contributed by atoms with van der Waals surface area (Å²) in [6.07, 6.45) is 2.96. The Morgan fingerprint density at radius 3 is 2.59 bits per heavy atom. The molecule has 0 N–H and O–H groups in total. The van der Waals surface area contributed by atoms with E-state index < -0.39 is 0 Å². The minimum atomic E-state index is 0.698. The van der Waals surface area contributed by atoms with E-state index in [0.29, 0.717) is 6.61 Å². The highest BCUT2D eigenvalue weighted by Crippen LogP contribution is 2.33. The Morgan fingerprint density at radius 2 is 2.06 bits per heavy atom. The summed E-state index contributed by atoms with van der Waals surface area (Å²) in [4.78, 5) is 0. The fourth-order valence-corrected chi connectivity index (χ4v) is 2.35. The average molecular weight is 476 g/mol. The molecule has 17 heavy (non-hydrogen) atoms. The molecule has 2 nitrogen and oxygen atoms in total. The first-order valence-corrected chi connectivity index (χ1v) is 7.78. The van der Waals surface area contributed by atoms with Crippen LogP contribution in [-0.2, 0) is 0 Å². The van der Waals surface area contributed by atoms with E-state index in [4.69, 9.17) is 9.47 Å². The fraction of sp³-hybridized carbons (Fsp3) is 0.333. The van der Waals surface area contributed by atoms with Crippen molar-refractivity contribution < 1.29 is 9.47 Å². The van der Waals surface area contributed by atoms with Gasteiger partial charge in [-0.15, -0.1) is 0 Å². The lowest BCUT2D eigenvalue weighted by atomic mass is 10.2. The van der Waals surface area contributed by atoms with Gasteiger partial charge >= 0.3 is 0 Å². The molecule has 1 aromatic rings. The molecule has 0 amide bonds. The molecule has 0 unspecified atom stereocenters. The largest absolute Gasteiger partial charge is 0.493 e. The molecule has 0 atom stereocenters. The lowest BCUT2D eigenvalue weighted by Gasteiger charge is -2.12. The van der Waals surface area contributed by atoms with Gasteiger partial charge in [0.2, 0.25) is 0 Å². The van der Waals surface area contributed by atoms with Crippen LogP contribution in [0, 0.1) is 3.57 Å². The van der Waals surface area contributed by atoms with E-state index in [2.05, 4.69) is 61.4 Å². The van der Waals surface area contributed by atoms with Crippen LogP contribution in [0.25, 0.3) is 6.08 Å². The number of benzene rings is 1. The number of ether oxygens (including phenoxy) is 2. The third-order valence-electron chi connectivity index (χ3n) is 2.01. The van der Waals surface area contributed by atoms with Crippen molar-refractivity contribution in [3.63, 3.8) is 0 Å². The van der Waals surface area contributed by atoms with E-state index in [9.17, 15) is 0 Å². The van der Waals surface area contributed by atoms with Crippen molar-refractivity contribution in [3.05, 3.63) is 24.7 Å². The molecule has 0 spiro atoms. The molecule has 0 fully saturated rings. The SMILES string of the molecule is CCCOc1cc(I)c(C=C(Br)Br)cc1OC. The molecule has 0 aliphatic rings. The quantitative estimate of drug-likeness (QED) is 0.546. The second kappa shape index (κ2) is 7.63. The van der Waals surface area contributed by atoms with E-state index in [1.54, 1.807) is 7.11 Å². The molecule has 0 aliphatic carbocycles. The number of halogens is 3. The van der Waals surface area contributed by atoms with Gasteiger partial charge in [-0.05, 0) is 84.6 Å². The lowest BCUT2D eigenvalue weighted by Crippen LogP contribution is -1.99. The number of hydrogen-bond donors (Lipinski definition) is 0. The van der Waals surface area contributed by atoms with Crippen LogP contribution >= 0.6 is 54.5 Å². The smallest absolute Gasteiger partial charge is 0.162 e. The summed E-state index contributed by atoms with van der Waals surface area (Å²) >= 11 is 8.99. The Labute approximate surface area is 132 Å². The molecule has 0 aliphatic heterocycles. The van der Waals surface area contributed by atoms with E-state index in [-0.39, 0.29) is 0 Å². The predicted molar refractivity (Wildman–Crippen MR) is 87.3 cm³/mol. The minimum Gasteiger partial charge on any atom is -0.493 e. The maximum absolute atomic E-state index is 5.64. The summed E-state index contributed by atoms with van der Waals surface area (Å²) in [7, 11) is 1.65. The van der Waals surface area contributed by atoms with Crippen LogP contribution in [0.3, 0.4) is 0 Å². The van der Waals surface area contributed by atoms with Crippen molar-refractivity contribution in [3.8, 4) is 11.5 Å². The molecule has 0 heterocycles. The van der Waals surface area contributed by atoms with Crippen molar-refractivity contribution in [2.45, 2.75) is 13.3 Å². The molecule has 1 rings (SSSR count). The summed E-state index contributed by atoms with van der Waals surface area (Å²) in [5.41, 5.74) is 1.08. The van der Waals surface area contributed by atoms with Gasteiger partial charge in [0, 0.05) is 3.57 Å². The van der Waals surface area contributed by atoms with Crippen LogP contribution < -0.4 is 9.47 Å². The van der Waals surface area contributed by atoms with Crippen molar-refractivity contribution in [2.24, 2.45) is 0 Å². The zero-order valence-corrected chi connectivity index (χ0v) is 14.9. The van der Waals surface area contributed by atoms with Crippen LogP contribution in [0.15, 0.2) is 15.5 Å². The third-order valence-corrected chi connectivity index (χ3v) is 3.40. The Kier molecular flexibility index (Phi) is 6.87. The molecule has 94 valence electrons. The summed E-state index contributed by atoms with van der Waals surface area (Å²) in [6.45, 7) is 2.78. The van der Waals surface area contributed by atoms with E-state index in [0.717, 1.165) is 30.4 Å². The Hall–Kier alpha value is 0.250. The van der Waals surface area contributed by atoms with Crippen molar-refractivity contribution in [1.29, 1.82) is 0 Å². The second-order valence-electron chi connectivity index (χ2n) is 3.31. The molecule has 0 aromatic heterocycles. The van der Waals surface area contributed by atoms with Gasteiger partial charge in [0.05, 0.1) is 17.1 Å². The first kappa shape index (κ1) is 15.3. The highest BCUT2D eigenvalue weighted by Gasteiger charge is 2.09. The van der Waals surface area contributed by atoms with Gasteiger partial charge < -0.3 is 9.47 Å². The topological polar surface area (TPSA) is 18.5 Å². The van der Waals surface area contributed by atoms with Crippen LogP contribution in [0.1, 0.15) is 18.9 Å². The van der Waals surface area contributed by atoms with Crippen molar-refractivity contribution in [2.75, 3.05) is 13.7 Å². The molecule has 0 bridgehead atoms. The van der Waals surface area contributed by atoms with E-state index in [1.807, 2.05) is 18.2 Å². The average Bonchev–Trinajstić information content (AvgIpc) is 2.28. The molecular weight excluding hydrogens is 463 g/mol. The Balaban J connectivity index is 3.10. The number of methoxy groups -OCH3 is 1. The second-order valence-corrected chi connectivity index (χ2v) is 7.24. The summed E-state index contributed by atoms with van der Waals surface area (Å²) in [5, 5.41) is 0. The normalized spacial score (nSPS) is 9.94. The predicted octanol–water partition coefficient (Wildman–Crippen LogP) is 5.18. The molecular formula is C12H13Br2IO2. The van der Waals surface area contributed by atoms with Crippen LogP contribution in [0.4, 0.5) is 0 Å². The zero-order valence-electron chi connectivity index (χ0n) is 9.60. The maximum Gasteiger partial charge on any atom is 0.162 e. The highest BCUT2D eigenvalue weighted by molar-refractivity contribution is 14.1. The molecule has 5 heteroatoms. The van der Waals surface area contributed by atoms with Crippen LogP contribution in [0.2, 0.25) is 0 Å². The van der Waals surface area contributed by atoms with E-state index >= 15 is 0 Å². The van der Waals surface area contributed by atoms with Gasteiger partial charge in [-0.25, -0.2) is 0 Å². The third kappa shape index (κ3) is 4.79. The van der Waals surface area contributed by atoms with Gasteiger partial charge in [-0.3, -0.25) is 0 Å². The van der Waals surface area contributed by atoms with Gasteiger partial charge in [0.25, 0.3) is 0 Å². The summed E-state index contributed by atoms with van der Waals surface area (Å²) in [6, 6.07) is 3.96. The van der Waals surface area contributed by atoms with Crippen molar-refractivity contribution in [1.82, 2.24) is 0 Å². The fourth-order valence-electron chi connectivity index (χ4n) is 1.26. The lowest BCUT2D eigenvalue weighted by molar-refractivity contribution is 0.294. The molecule has 0 saturated carbocycles. The summed E-state index contributed by atoms with van der Waals surface area (Å²) < 4.78 is 13.0. The van der Waals surface area contributed by atoms with Crippen molar-refractivity contribution >= 4 is 60.5 Å². The number of rotatable bonds is 5. The van der Waals surface area contributed by atoms with Crippen LogP contribution in [-0.4, -0.2) is 13.7 Å². The first-order chi connectivity index (χ1) is 8.08. The molecule has 0 radical (unpaired) electrons. The van der Waals surface area contributed by atoms with Gasteiger partial charge in [0.1, 0.15) is 0 Å². The Morgan fingerprint density at radius 1 is 1.35 bits per heavy atom. The highest BCUT2D eigenvalue weighted by atomic mass is 127. The monoisotopic (exact) mass is 474 g/mol. The molecule has 1 aromatic carbocycles. The number of hydrogen-bond acceptors (Lipinski definition) is 2.